The number of hydrogen-bond acceptors (Lipinski definition) is 6. The molecule has 3 aromatic heterocycles. The topological polar surface area (TPSA) is 100 Å². The normalized spacial score (nSPS) is 11.1. The summed E-state index contributed by atoms with van der Waals surface area (Å²) in [6.07, 6.45) is 0. The molecule has 178 valence electrons. The summed E-state index contributed by atoms with van der Waals surface area (Å²) in [4.78, 5) is 13.1. The molecule has 0 aliphatic rings. The molecule has 0 radical (unpaired) electrons. The summed E-state index contributed by atoms with van der Waals surface area (Å²) < 4.78 is 28.4. The number of anilines is 1. The fourth-order valence-corrected chi connectivity index (χ4v) is 3.85. The SMILES string of the molecule is Cc1nn(C)c(C)c1Cn1nc(C)c(NC(=O)c2noc(C)c2COc2ccccc2F)c1C. The summed E-state index contributed by atoms with van der Waals surface area (Å²) in [6, 6.07) is 6.07. The molecule has 9 nitrogen and oxygen atoms in total. The molecule has 0 aliphatic heterocycles. The van der Waals surface area contributed by atoms with E-state index >= 15 is 0 Å². The van der Waals surface area contributed by atoms with Crippen LogP contribution in [0.2, 0.25) is 0 Å². The van der Waals surface area contributed by atoms with E-state index in [1.54, 1.807) is 19.1 Å². The second-order valence-corrected chi connectivity index (χ2v) is 8.22. The predicted molar refractivity (Wildman–Crippen MR) is 123 cm³/mol. The summed E-state index contributed by atoms with van der Waals surface area (Å²) in [5.41, 5.74) is 5.71. The first kappa shape index (κ1) is 23.2. The van der Waals surface area contributed by atoms with Crippen LogP contribution in [0.5, 0.6) is 5.75 Å². The molecule has 0 saturated carbocycles. The van der Waals surface area contributed by atoms with E-state index in [1.165, 1.54) is 12.1 Å². The van der Waals surface area contributed by atoms with Gasteiger partial charge in [0.25, 0.3) is 5.91 Å². The number of carbonyl (C=O) groups excluding carboxylic acids is 1. The molecule has 0 atom stereocenters. The highest BCUT2D eigenvalue weighted by molar-refractivity contribution is 6.04. The standard InChI is InChI=1S/C24H27FN6O3/c1-13-18(15(3)30(6)27-13)11-31-16(4)22(14(2)28-31)26-24(32)23-19(17(5)34-29-23)12-33-21-10-8-7-9-20(21)25/h7-10H,11-12H2,1-6H3,(H,26,32). The lowest BCUT2D eigenvalue weighted by Crippen LogP contribution is -2.16. The van der Waals surface area contributed by atoms with Gasteiger partial charge in [-0.3, -0.25) is 14.2 Å². The Morgan fingerprint density at radius 1 is 1.06 bits per heavy atom. The molecule has 4 aromatic rings. The average molecular weight is 467 g/mol. The van der Waals surface area contributed by atoms with E-state index in [0.717, 1.165) is 22.6 Å². The van der Waals surface area contributed by atoms with Crippen LogP contribution in [0.4, 0.5) is 10.1 Å². The van der Waals surface area contributed by atoms with Crippen molar-refractivity contribution in [2.75, 3.05) is 5.32 Å². The van der Waals surface area contributed by atoms with Crippen LogP contribution in [0.1, 0.15) is 50.2 Å². The zero-order valence-corrected chi connectivity index (χ0v) is 20.1. The van der Waals surface area contributed by atoms with E-state index in [2.05, 4.69) is 20.7 Å². The zero-order valence-electron chi connectivity index (χ0n) is 20.1. The predicted octanol–water partition coefficient (Wildman–Crippen LogP) is 4.17. The van der Waals surface area contributed by atoms with Crippen molar-refractivity contribution in [3.05, 3.63) is 75.4 Å². The molecule has 1 amide bonds. The largest absolute Gasteiger partial charge is 0.486 e. The van der Waals surface area contributed by atoms with Gasteiger partial charge < -0.3 is 14.6 Å². The molecule has 1 aromatic carbocycles. The number of para-hydroxylation sites is 1. The number of halogens is 1. The maximum Gasteiger partial charge on any atom is 0.278 e. The first-order chi connectivity index (χ1) is 16.2. The highest BCUT2D eigenvalue weighted by Crippen LogP contribution is 2.25. The van der Waals surface area contributed by atoms with Gasteiger partial charge in [-0.1, -0.05) is 17.3 Å². The summed E-state index contributed by atoms with van der Waals surface area (Å²) in [6.45, 7) is 9.87. The Labute approximate surface area is 196 Å². The molecule has 0 unspecified atom stereocenters. The second-order valence-electron chi connectivity index (χ2n) is 8.22. The Morgan fingerprint density at radius 2 is 1.79 bits per heavy atom. The van der Waals surface area contributed by atoms with Gasteiger partial charge in [0.15, 0.2) is 17.3 Å². The molecular weight excluding hydrogens is 439 g/mol. The molecular formula is C24H27FN6O3. The van der Waals surface area contributed by atoms with E-state index < -0.39 is 11.7 Å². The molecule has 10 heteroatoms. The lowest BCUT2D eigenvalue weighted by molar-refractivity contribution is 0.101. The van der Waals surface area contributed by atoms with E-state index in [0.29, 0.717) is 29.2 Å². The Kier molecular flexibility index (Phi) is 6.23. The van der Waals surface area contributed by atoms with E-state index in [1.807, 2.05) is 44.1 Å². The Balaban J connectivity index is 1.54. The zero-order chi connectivity index (χ0) is 24.6. The lowest BCUT2D eigenvalue weighted by atomic mass is 10.2. The number of rotatable bonds is 7. The summed E-state index contributed by atoms with van der Waals surface area (Å²) >= 11 is 0. The van der Waals surface area contributed by atoms with Crippen molar-refractivity contribution >= 4 is 11.6 Å². The summed E-state index contributed by atoms with van der Waals surface area (Å²) in [7, 11) is 1.91. The first-order valence-corrected chi connectivity index (χ1v) is 10.8. The van der Waals surface area contributed by atoms with Crippen LogP contribution < -0.4 is 10.1 Å². The fraction of sp³-hybridized carbons (Fsp3) is 0.333. The minimum atomic E-state index is -0.486. The number of aryl methyl sites for hydroxylation is 4. The van der Waals surface area contributed by atoms with Gasteiger partial charge in [0.1, 0.15) is 12.4 Å². The Hall–Kier alpha value is -3.95. The van der Waals surface area contributed by atoms with Gasteiger partial charge in [-0.05, 0) is 46.8 Å². The van der Waals surface area contributed by atoms with Crippen LogP contribution in [-0.4, -0.2) is 30.6 Å². The van der Waals surface area contributed by atoms with Crippen molar-refractivity contribution in [2.45, 2.75) is 47.8 Å². The molecule has 1 N–H and O–H groups in total. The minimum absolute atomic E-state index is 0.0597. The van der Waals surface area contributed by atoms with Crippen molar-refractivity contribution < 1.29 is 18.4 Å². The lowest BCUT2D eigenvalue weighted by Gasteiger charge is -2.09. The minimum Gasteiger partial charge on any atom is -0.486 e. The average Bonchev–Trinajstić information content (AvgIpc) is 3.38. The van der Waals surface area contributed by atoms with E-state index in [-0.39, 0.29) is 18.1 Å². The van der Waals surface area contributed by atoms with Crippen LogP contribution >= 0.6 is 0 Å². The number of aromatic nitrogens is 5. The van der Waals surface area contributed by atoms with Crippen LogP contribution in [-0.2, 0) is 20.2 Å². The molecule has 0 aliphatic carbocycles. The Morgan fingerprint density at radius 3 is 2.47 bits per heavy atom. The highest BCUT2D eigenvalue weighted by atomic mass is 19.1. The van der Waals surface area contributed by atoms with Crippen molar-refractivity contribution in [3.63, 3.8) is 0 Å². The van der Waals surface area contributed by atoms with Gasteiger partial charge in [0.2, 0.25) is 0 Å². The molecule has 4 rings (SSSR count). The van der Waals surface area contributed by atoms with Crippen LogP contribution in [0.15, 0.2) is 28.8 Å². The Bertz CT molecular complexity index is 1370. The number of ether oxygens (including phenoxy) is 1. The monoisotopic (exact) mass is 466 g/mol. The van der Waals surface area contributed by atoms with Gasteiger partial charge in [-0.2, -0.15) is 10.2 Å². The van der Waals surface area contributed by atoms with E-state index in [9.17, 15) is 9.18 Å². The van der Waals surface area contributed by atoms with Gasteiger partial charge in [-0.25, -0.2) is 4.39 Å². The maximum atomic E-state index is 13.9. The third kappa shape index (κ3) is 4.30. The van der Waals surface area contributed by atoms with Gasteiger partial charge in [0.05, 0.1) is 34.9 Å². The smallest absolute Gasteiger partial charge is 0.278 e. The number of benzene rings is 1. The third-order valence-electron chi connectivity index (χ3n) is 6.00. The van der Waals surface area contributed by atoms with Crippen molar-refractivity contribution in [2.24, 2.45) is 7.05 Å². The van der Waals surface area contributed by atoms with Crippen molar-refractivity contribution in [1.82, 2.24) is 24.7 Å². The fourth-order valence-electron chi connectivity index (χ4n) is 3.85. The molecule has 0 bridgehead atoms. The quantitative estimate of drug-likeness (QED) is 0.439. The number of carbonyl (C=O) groups is 1. The molecule has 3 heterocycles. The number of nitrogens with zero attached hydrogens (tertiary/aromatic N) is 5. The second kappa shape index (κ2) is 9.12. The molecule has 0 spiro atoms. The van der Waals surface area contributed by atoms with Crippen molar-refractivity contribution in [3.8, 4) is 5.75 Å². The first-order valence-electron chi connectivity index (χ1n) is 10.8. The van der Waals surface area contributed by atoms with Crippen LogP contribution in [0, 0.1) is 40.4 Å². The highest BCUT2D eigenvalue weighted by Gasteiger charge is 2.24. The van der Waals surface area contributed by atoms with Gasteiger partial charge in [0, 0.05) is 18.3 Å². The third-order valence-corrected chi connectivity index (χ3v) is 6.00. The van der Waals surface area contributed by atoms with Crippen LogP contribution in [0.25, 0.3) is 0 Å². The van der Waals surface area contributed by atoms with Crippen molar-refractivity contribution in [1.29, 1.82) is 0 Å². The summed E-state index contributed by atoms with van der Waals surface area (Å²) in [5, 5.41) is 15.9. The molecule has 34 heavy (non-hydrogen) atoms. The molecule has 0 saturated heterocycles. The maximum absolute atomic E-state index is 13.9. The van der Waals surface area contributed by atoms with Gasteiger partial charge >= 0.3 is 0 Å². The van der Waals surface area contributed by atoms with Crippen LogP contribution in [0.3, 0.4) is 0 Å². The number of amides is 1. The number of hydrogen-bond donors (Lipinski definition) is 1. The molecule has 0 fully saturated rings. The van der Waals surface area contributed by atoms with E-state index in [4.69, 9.17) is 9.26 Å². The summed E-state index contributed by atoms with van der Waals surface area (Å²) in [5.74, 6) is -0.430. The number of nitrogens with one attached hydrogen (secondary N) is 1. The van der Waals surface area contributed by atoms with Gasteiger partial charge in [-0.15, -0.1) is 0 Å².